The lowest BCUT2D eigenvalue weighted by molar-refractivity contribution is -0.144. The Morgan fingerprint density at radius 1 is 0.619 bits per heavy atom. The lowest BCUT2D eigenvalue weighted by Crippen LogP contribution is -2.26. The zero-order chi connectivity index (χ0) is 31.4. The molecule has 1 amide bonds. The third kappa shape index (κ3) is 25.5. The molecule has 0 saturated heterocycles. The van der Waals surface area contributed by atoms with E-state index in [2.05, 4.69) is 12.2 Å². The molecule has 0 radical (unpaired) electrons. The average molecular weight is 600 g/mol. The first-order valence-electron chi connectivity index (χ1n) is 16.9. The highest BCUT2D eigenvalue weighted by Gasteiger charge is 2.22. The Labute approximate surface area is 258 Å². The van der Waals surface area contributed by atoms with E-state index >= 15 is 0 Å². The van der Waals surface area contributed by atoms with Crippen molar-refractivity contribution in [2.24, 2.45) is 11.8 Å². The van der Waals surface area contributed by atoms with Gasteiger partial charge in [0, 0.05) is 41.0 Å². The quantitative estimate of drug-likeness (QED) is 0.0679. The Hall–Kier alpha value is -2.25. The number of nitrogens with one attached hydrogen (secondary N) is 1. The van der Waals surface area contributed by atoms with Crippen molar-refractivity contribution in [3.63, 3.8) is 0 Å². The van der Waals surface area contributed by atoms with E-state index < -0.39 is 17.9 Å². The largest absolute Gasteiger partial charge is 0.481 e. The molecular weight excluding hydrogens is 534 g/mol. The van der Waals surface area contributed by atoms with Crippen LogP contribution in [-0.4, -0.2) is 46.2 Å². The molecule has 0 aromatic carbocycles. The summed E-state index contributed by atoms with van der Waals surface area (Å²) in [6, 6.07) is 0. The van der Waals surface area contributed by atoms with Gasteiger partial charge >= 0.3 is 11.9 Å². The van der Waals surface area contributed by atoms with Gasteiger partial charge in [-0.2, -0.15) is 0 Å². The molecule has 0 fully saturated rings. The zero-order valence-corrected chi connectivity index (χ0v) is 26.8. The fourth-order valence-corrected chi connectivity index (χ4v) is 5.22. The maximum atomic E-state index is 12.3. The van der Waals surface area contributed by atoms with Gasteiger partial charge < -0.3 is 15.5 Å². The second-order valence-electron chi connectivity index (χ2n) is 12.1. The van der Waals surface area contributed by atoms with Crippen LogP contribution >= 0.6 is 0 Å². The number of carboxylic acids is 2. The Morgan fingerprint density at radius 3 is 1.64 bits per heavy atom. The topological polar surface area (TPSA) is 138 Å². The number of aliphatic carboxylic acids is 2. The molecule has 42 heavy (non-hydrogen) atoms. The minimum Gasteiger partial charge on any atom is -0.481 e. The van der Waals surface area contributed by atoms with Crippen LogP contribution in [0.3, 0.4) is 0 Å². The van der Waals surface area contributed by atoms with Crippen LogP contribution in [0.25, 0.3) is 0 Å². The van der Waals surface area contributed by atoms with Gasteiger partial charge in [-0.25, -0.2) is 0 Å². The van der Waals surface area contributed by atoms with Gasteiger partial charge in [-0.3, -0.25) is 24.0 Å². The number of Topliss-reactive ketones (excluding diaryl/α,β-unsaturated/α-hetero) is 2. The molecule has 0 aliphatic heterocycles. The van der Waals surface area contributed by atoms with Gasteiger partial charge in [0.1, 0.15) is 11.6 Å². The van der Waals surface area contributed by atoms with Crippen molar-refractivity contribution in [3.8, 4) is 0 Å². The summed E-state index contributed by atoms with van der Waals surface area (Å²) in [4.78, 5) is 58.5. The van der Waals surface area contributed by atoms with Crippen molar-refractivity contribution >= 4 is 29.4 Å². The number of carboxylic acid groups (broad SMARTS) is 2. The summed E-state index contributed by atoms with van der Waals surface area (Å²) < 4.78 is 0. The average Bonchev–Trinajstić information content (AvgIpc) is 2.95. The molecule has 0 aromatic rings. The first-order chi connectivity index (χ1) is 20.2. The molecular formula is C34H65NO7. The van der Waals surface area contributed by atoms with Crippen molar-refractivity contribution in [1.29, 1.82) is 0 Å². The fourth-order valence-electron chi connectivity index (χ4n) is 5.22. The van der Waals surface area contributed by atoms with Gasteiger partial charge in [0.15, 0.2) is 0 Å². The molecule has 3 N–H and O–H groups in total. The molecule has 0 heterocycles. The molecule has 0 bridgehead atoms. The minimum absolute atomic E-state index is 0. The van der Waals surface area contributed by atoms with Crippen LogP contribution in [0.15, 0.2) is 0 Å². The summed E-state index contributed by atoms with van der Waals surface area (Å²) >= 11 is 0. The summed E-state index contributed by atoms with van der Waals surface area (Å²) in [5.41, 5.74) is 0. The molecule has 0 rings (SSSR count). The number of hydrogen-bond donors (Lipinski definition) is 3. The van der Waals surface area contributed by atoms with Crippen LogP contribution in [0.2, 0.25) is 0 Å². The lowest BCUT2D eigenvalue weighted by Gasteiger charge is -2.12. The summed E-state index contributed by atoms with van der Waals surface area (Å²) in [5.74, 6) is -3.38. The van der Waals surface area contributed by atoms with Crippen LogP contribution in [0.5, 0.6) is 0 Å². The van der Waals surface area contributed by atoms with Gasteiger partial charge in [0.05, 0.1) is 12.3 Å². The highest BCUT2D eigenvalue weighted by atomic mass is 16.4. The van der Waals surface area contributed by atoms with Crippen molar-refractivity contribution in [1.82, 2.24) is 5.32 Å². The summed E-state index contributed by atoms with van der Waals surface area (Å²) in [5, 5.41) is 20.9. The first kappa shape index (κ1) is 39.8. The second-order valence-corrected chi connectivity index (χ2v) is 12.1. The summed E-state index contributed by atoms with van der Waals surface area (Å²) in [6.07, 6.45) is 21.4. The van der Waals surface area contributed by atoms with Gasteiger partial charge in [-0.1, -0.05) is 110 Å². The van der Waals surface area contributed by atoms with Crippen molar-refractivity contribution in [3.05, 3.63) is 0 Å². The standard InChI is InChI=1S/C34H61NO7.2H2/c1-3-4-5-6-7-8-9-10-11-12-13-14-15-16-17-21-30(36)27-29(34(41)42)22-24-32(38)35-26-19-18-20-28(2)31(37)23-25-33(39)40;;/h28-29H,3-27H2,1-2H3,(H,35,38)(H,39,40)(H,41,42);2*1H/t28-,29+;;/m0../s1. The van der Waals surface area contributed by atoms with Crippen LogP contribution in [-0.2, 0) is 24.0 Å². The molecule has 2 atom stereocenters. The van der Waals surface area contributed by atoms with Crippen molar-refractivity contribution in [2.45, 2.75) is 168 Å². The van der Waals surface area contributed by atoms with Gasteiger partial charge in [-0.15, -0.1) is 0 Å². The second kappa shape index (κ2) is 27.6. The van der Waals surface area contributed by atoms with E-state index in [0.717, 1.165) is 25.7 Å². The summed E-state index contributed by atoms with van der Waals surface area (Å²) in [6.45, 7) is 4.47. The van der Waals surface area contributed by atoms with Gasteiger partial charge in [-0.05, 0) is 25.7 Å². The van der Waals surface area contributed by atoms with E-state index in [1.165, 1.54) is 77.0 Å². The maximum Gasteiger partial charge on any atom is 0.306 e. The van der Waals surface area contributed by atoms with Crippen LogP contribution in [0.4, 0.5) is 0 Å². The monoisotopic (exact) mass is 599 g/mol. The molecule has 0 aliphatic carbocycles. The van der Waals surface area contributed by atoms with Crippen LogP contribution in [0.1, 0.15) is 171 Å². The number of amides is 1. The Kier molecular flexibility index (Phi) is 26.1. The molecule has 0 saturated carbocycles. The zero-order valence-electron chi connectivity index (χ0n) is 26.8. The molecule has 8 nitrogen and oxygen atoms in total. The molecule has 248 valence electrons. The predicted molar refractivity (Wildman–Crippen MR) is 172 cm³/mol. The molecule has 0 aromatic heterocycles. The molecule has 0 aliphatic rings. The number of carbonyl (C=O) groups is 5. The van der Waals surface area contributed by atoms with E-state index in [0.29, 0.717) is 25.8 Å². The summed E-state index contributed by atoms with van der Waals surface area (Å²) in [7, 11) is 0. The van der Waals surface area contributed by atoms with Crippen molar-refractivity contribution in [2.75, 3.05) is 6.54 Å². The van der Waals surface area contributed by atoms with E-state index in [1.54, 1.807) is 6.92 Å². The molecule has 0 spiro atoms. The SMILES string of the molecule is CCCCCCCCCCCCCCCCCC(=O)C[C@@H](CCC(=O)NCCCC[C@H](C)C(=O)CCC(=O)O)C(=O)O.[HH].[HH]. The third-order valence-electron chi connectivity index (χ3n) is 8.12. The van der Waals surface area contributed by atoms with Crippen molar-refractivity contribution < 1.29 is 37.0 Å². The molecule has 0 unspecified atom stereocenters. The molecule has 8 heteroatoms. The Bertz CT molecular complexity index is 764. The van der Waals surface area contributed by atoms with E-state index in [1.807, 2.05) is 0 Å². The number of hydrogen-bond acceptors (Lipinski definition) is 5. The van der Waals surface area contributed by atoms with Crippen LogP contribution in [0, 0.1) is 11.8 Å². The number of carbonyl (C=O) groups excluding carboxylic acids is 3. The highest BCUT2D eigenvalue weighted by Crippen LogP contribution is 2.17. The number of ketones is 2. The maximum absolute atomic E-state index is 12.3. The Balaban J connectivity index is -0.00000840. The number of unbranched alkanes of at least 4 members (excludes halogenated alkanes) is 15. The Morgan fingerprint density at radius 2 is 1.14 bits per heavy atom. The first-order valence-corrected chi connectivity index (χ1v) is 16.9. The predicted octanol–water partition coefficient (Wildman–Crippen LogP) is 8.54. The van der Waals surface area contributed by atoms with Gasteiger partial charge in [0.25, 0.3) is 0 Å². The highest BCUT2D eigenvalue weighted by molar-refractivity contribution is 5.85. The lowest BCUT2D eigenvalue weighted by atomic mass is 9.94. The van der Waals surface area contributed by atoms with E-state index in [9.17, 15) is 29.1 Å². The smallest absolute Gasteiger partial charge is 0.306 e. The third-order valence-corrected chi connectivity index (χ3v) is 8.12. The van der Waals surface area contributed by atoms with Crippen LogP contribution < -0.4 is 5.32 Å². The van der Waals surface area contributed by atoms with E-state index in [-0.39, 0.29) is 58.3 Å². The minimum atomic E-state index is -1.03. The van der Waals surface area contributed by atoms with E-state index in [4.69, 9.17) is 5.11 Å². The van der Waals surface area contributed by atoms with Gasteiger partial charge in [0.2, 0.25) is 5.91 Å². The fraction of sp³-hybridized carbons (Fsp3) is 0.853. The normalized spacial score (nSPS) is 12.5. The number of rotatable bonds is 31.